The summed E-state index contributed by atoms with van der Waals surface area (Å²) in [6.07, 6.45) is 0.886. The molecule has 3 atom stereocenters. The number of amides is 1. The molecule has 1 heterocycles. The topological polar surface area (TPSA) is 58.6 Å². The summed E-state index contributed by atoms with van der Waals surface area (Å²) in [5.74, 6) is -0.0862. The molecule has 0 unspecified atom stereocenters. The van der Waals surface area contributed by atoms with Crippen LogP contribution in [0.5, 0.6) is 0 Å². The number of carbonyl (C=O) groups is 2. The van der Waals surface area contributed by atoms with Gasteiger partial charge in [-0.2, -0.15) is 0 Å². The second-order valence-corrected chi connectivity index (χ2v) is 5.76. The zero-order chi connectivity index (χ0) is 16.4. The maximum atomic E-state index is 12.2. The number of carbonyl (C=O) groups excluding carboxylic acids is 2. The van der Waals surface area contributed by atoms with Crippen molar-refractivity contribution in [1.82, 2.24) is 5.32 Å². The van der Waals surface area contributed by atoms with Crippen LogP contribution in [0.25, 0.3) is 0 Å². The Kier molecular flexibility index (Phi) is 4.86. The van der Waals surface area contributed by atoms with Gasteiger partial charge in [-0.25, -0.2) is 4.79 Å². The van der Waals surface area contributed by atoms with Gasteiger partial charge < -0.3 is 15.0 Å². The van der Waals surface area contributed by atoms with E-state index >= 15 is 0 Å². The van der Waals surface area contributed by atoms with E-state index in [-0.39, 0.29) is 29.9 Å². The summed E-state index contributed by atoms with van der Waals surface area (Å²) < 4.78 is 4.80. The highest BCUT2D eigenvalue weighted by molar-refractivity contribution is 5.96. The van der Waals surface area contributed by atoms with Crippen LogP contribution in [0, 0.1) is 5.92 Å². The monoisotopic (exact) mass is 304 g/mol. The Morgan fingerprint density at radius 3 is 2.55 bits per heavy atom. The summed E-state index contributed by atoms with van der Waals surface area (Å²) in [5.41, 5.74) is 2.36. The van der Waals surface area contributed by atoms with Crippen LogP contribution < -0.4 is 10.2 Å². The molecule has 0 aromatic heterocycles. The molecule has 0 aliphatic carbocycles. The van der Waals surface area contributed by atoms with Crippen molar-refractivity contribution in [2.75, 3.05) is 19.1 Å². The van der Waals surface area contributed by atoms with E-state index in [9.17, 15) is 9.59 Å². The summed E-state index contributed by atoms with van der Waals surface area (Å²) in [5, 5.41) is 3.33. The number of esters is 1. The zero-order valence-electron chi connectivity index (χ0n) is 13.8. The molecule has 0 fully saturated rings. The predicted octanol–water partition coefficient (Wildman–Crippen LogP) is 2.51. The van der Waals surface area contributed by atoms with Gasteiger partial charge in [-0.15, -0.1) is 0 Å². The maximum Gasteiger partial charge on any atom is 0.337 e. The number of nitrogens with zero attached hydrogens (tertiary/aromatic N) is 1. The Labute approximate surface area is 131 Å². The van der Waals surface area contributed by atoms with Crippen molar-refractivity contribution < 1.29 is 14.3 Å². The molecule has 5 heteroatoms. The number of anilines is 1. The van der Waals surface area contributed by atoms with Gasteiger partial charge in [-0.05, 0) is 43.1 Å². The lowest BCUT2D eigenvalue weighted by atomic mass is 9.80. The Hall–Kier alpha value is -1.88. The highest BCUT2D eigenvalue weighted by atomic mass is 16.5. The summed E-state index contributed by atoms with van der Waals surface area (Å²) >= 11 is 0. The lowest BCUT2D eigenvalue weighted by Gasteiger charge is -2.45. The van der Waals surface area contributed by atoms with E-state index < -0.39 is 0 Å². The maximum absolute atomic E-state index is 12.2. The van der Waals surface area contributed by atoms with Crippen LogP contribution in [0.4, 0.5) is 5.69 Å². The third kappa shape index (κ3) is 2.61. The molecule has 5 nitrogen and oxygen atoms in total. The SMILES string of the molecule is CC[C@@H]1[C@H](C)[C@@H](NC)c2cc(C(=O)OC)ccc2N1C(C)=O. The fourth-order valence-electron chi connectivity index (χ4n) is 3.56. The normalized spacial score (nSPS) is 23.9. The van der Waals surface area contributed by atoms with E-state index in [1.165, 1.54) is 7.11 Å². The number of hydrogen-bond donors (Lipinski definition) is 1. The minimum atomic E-state index is -0.364. The van der Waals surface area contributed by atoms with Crippen LogP contribution in [-0.4, -0.2) is 32.1 Å². The van der Waals surface area contributed by atoms with E-state index in [1.54, 1.807) is 13.0 Å². The Morgan fingerprint density at radius 2 is 2.05 bits per heavy atom. The Balaban J connectivity index is 2.61. The van der Waals surface area contributed by atoms with Crippen LogP contribution >= 0.6 is 0 Å². The number of nitrogens with one attached hydrogen (secondary N) is 1. The summed E-state index contributed by atoms with van der Waals surface area (Å²) in [7, 11) is 3.28. The third-order valence-corrected chi connectivity index (χ3v) is 4.58. The molecule has 1 amide bonds. The first-order valence-electron chi connectivity index (χ1n) is 7.65. The van der Waals surface area contributed by atoms with E-state index in [2.05, 4.69) is 19.2 Å². The number of fused-ring (bicyclic) bond motifs is 1. The largest absolute Gasteiger partial charge is 0.465 e. The fourth-order valence-corrected chi connectivity index (χ4v) is 3.56. The first-order chi connectivity index (χ1) is 10.5. The Bertz CT molecular complexity index is 585. The standard InChI is InChI=1S/C17H24N2O3/c1-6-14-10(2)16(18-4)13-9-12(17(21)22-5)7-8-15(13)19(14)11(3)20/h7-10,14,16,18H,6H2,1-5H3/t10-,14+,16+/m0/s1. The minimum Gasteiger partial charge on any atom is -0.465 e. The molecule has 0 spiro atoms. The molecule has 0 bridgehead atoms. The summed E-state index contributed by atoms with van der Waals surface area (Å²) in [6.45, 7) is 5.82. The second-order valence-electron chi connectivity index (χ2n) is 5.76. The first kappa shape index (κ1) is 16.5. The van der Waals surface area contributed by atoms with Crippen molar-refractivity contribution in [2.24, 2.45) is 5.92 Å². The molecule has 0 saturated heterocycles. The minimum absolute atomic E-state index is 0.0281. The molecular formula is C17H24N2O3. The second kappa shape index (κ2) is 6.48. The van der Waals surface area contributed by atoms with Crippen LogP contribution in [0.2, 0.25) is 0 Å². The number of methoxy groups -OCH3 is 1. The van der Waals surface area contributed by atoms with E-state index in [4.69, 9.17) is 4.74 Å². The van der Waals surface area contributed by atoms with Crippen molar-refractivity contribution in [3.8, 4) is 0 Å². The molecule has 1 aliphatic rings. The predicted molar refractivity (Wildman–Crippen MR) is 86.0 cm³/mol. The van der Waals surface area contributed by atoms with Crippen LogP contribution in [0.1, 0.15) is 49.2 Å². The highest BCUT2D eigenvalue weighted by Crippen LogP contribution is 2.42. The molecule has 1 aliphatic heterocycles. The smallest absolute Gasteiger partial charge is 0.337 e. The molecule has 2 rings (SSSR count). The van der Waals surface area contributed by atoms with Crippen molar-refractivity contribution in [1.29, 1.82) is 0 Å². The van der Waals surface area contributed by atoms with Crippen LogP contribution in [0.3, 0.4) is 0 Å². The molecule has 22 heavy (non-hydrogen) atoms. The number of hydrogen-bond acceptors (Lipinski definition) is 4. The number of benzene rings is 1. The van der Waals surface area contributed by atoms with E-state index in [0.717, 1.165) is 17.7 Å². The molecule has 0 radical (unpaired) electrons. The van der Waals surface area contributed by atoms with Gasteiger partial charge >= 0.3 is 5.97 Å². The van der Waals surface area contributed by atoms with E-state index in [1.807, 2.05) is 24.1 Å². The van der Waals surface area contributed by atoms with Crippen LogP contribution in [-0.2, 0) is 9.53 Å². The lowest BCUT2D eigenvalue weighted by Crippen LogP contribution is -2.50. The van der Waals surface area contributed by atoms with Gasteiger partial charge in [0.25, 0.3) is 0 Å². The fraction of sp³-hybridized carbons (Fsp3) is 0.529. The average Bonchev–Trinajstić information content (AvgIpc) is 2.52. The van der Waals surface area contributed by atoms with Crippen LogP contribution in [0.15, 0.2) is 18.2 Å². The lowest BCUT2D eigenvalue weighted by molar-refractivity contribution is -0.117. The van der Waals surface area contributed by atoms with Gasteiger partial charge in [0.15, 0.2) is 0 Å². The average molecular weight is 304 g/mol. The molecule has 1 aromatic rings. The van der Waals surface area contributed by atoms with Gasteiger partial charge in [0.2, 0.25) is 5.91 Å². The van der Waals surface area contributed by atoms with Crippen molar-refractivity contribution >= 4 is 17.6 Å². The quantitative estimate of drug-likeness (QED) is 0.872. The van der Waals surface area contributed by atoms with E-state index in [0.29, 0.717) is 5.56 Å². The molecule has 1 aromatic carbocycles. The van der Waals surface area contributed by atoms with Gasteiger partial charge in [-0.1, -0.05) is 13.8 Å². The third-order valence-electron chi connectivity index (χ3n) is 4.58. The van der Waals surface area contributed by atoms with Crippen molar-refractivity contribution in [3.63, 3.8) is 0 Å². The number of rotatable bonds is 3. The van der Waals surface area contributed by atoms with Gasteiger partial charge in [0.1, 0.15) is 0 Å². The summed E-state index contributed by atoms with van der Waals surface area (Å²) in [6, 6.07) is 5.64. The molecular weight excluding hydrogens is 280 g/mol. The molecule has 1 N–H and O–H groups in total. The van der Waals surface area contributed by atoms with Gasteiger partial charge in [-0.3, -0.25) is 4.79 Å². The van der Waals surface area contributed by atoms with Gasteiger partial charge in [0.05, 0.1) is 12.7 Å². The Morgan fingerprint density at radius 1 is 1.36 bits per heavy atom. The molecule has 0 saturated carbocycles. The number of ether oxygens (including phenoxy) is 1. The van der Waals surface area contributed by atoms with Crippen molar-refractivity contribution in [3.05, 3.63) is 29.3 Å². The highest BCUT2D eigenvalue weighted by Gasteiger charge is 2.39. The zero-order valence-corrected chi connectivity index (χ0v) is 13.8. The van der Waals surface area contributed by atoms with Gasteiger partial charge in [0, 0.05) is 24.7 Å². The summed E-state index contributed by atoms with van der Waals surface area (Å²) in [4.78, 5) is 25.8. The first-order valence-corrected chi connectivity index (χ1v) is 7.65. The molecule has 120 valence electrons. The van der Waals surface area contributed by atoms with Crippen molar-refractivity contribution in [2.45, 2.75) is 39.3 Å².